The van der Waals surface area contributed by atoms with Crippen LogP contribution in [0.1, 0.15) is 40.2 Å². The topological polar surface area (TPSA) is 72.8 Å². The summed E-state index contributed by atoms with van der Waals surface area (Å²) in [7, 11) is 1.57. The molecule has 1 N–H and O–H groups in total. The molecule has 1 atom stereocenters. The molecule has 0 aromatic heterocycles. The maximum Gasteiger partial charge on any atom is 0.303 e. The van der Waals surface area contributed by atoms with Gasteiger partial charge in [-0.15, -0.1) is 0 Å². The molecular formula is C25H24O5. The number of carboxylic acids is 1. The molecule has 5 heteroatoms. The summed E-state index contributed by atoms with van der Waals surface area (Å²) >= 11 is 0. The van der Waals surface area contributed by atoms with Crippen LogP contribution in [0.5, 0.6) is 11.5 Å². The van der Waals surface area contributed by atoms with Crippen LogP contribution in [0.2, 0.25) is 0 Å². The van der Waals surface area contributed by atoms with E-state index in [1.165, 1.54) is 0 Å². The highest BCUT2D eigenvalue weighted by Crippen LogP contribution is 2.29. The third-order valence-corrected chi connectivity index (χ3v) is 4.85. The molecule has 0 radical (unpaired) electrons. The number of ether oxygens (including phenoxy) is 2. The number of methoxy groups -OCH3 is 1. The lowest BCUT2D eigenvalue weighted by atomic mass is 9.87. The lowest BCUT2D eigenvalue weighted by molar-refractivity contribution is -0.137. The first kappa shape index (κ1) is 21.1. The Morgan fingerprint density at radius 3 is 2.30 bits per heavy atom. The van der Waals surface area contributed by atoms with Crippen molar-refractivity contribution in [2.24, 2.45) is 0 Å². The third-order valence-electron chi connectivity index (χ3n) is 4.85. The second-order valence-corrected chi connectivity index (χ2v) is 6.92. The summed E-state index contributed by atoms with van der Waals surface area (Å²) in [4.78, 5) is 24.4. The molecule has 3 rings (SSSR count). The largest absolute Gasteiger partial charge is 0.497 e. The molecule has 0 aliphatic heterocycles. The van der Waals surface area contributed by atoms with E-state index in [1.54, 1.807) is 55.6 Å². The number of hydrogen-bond acceptors (Lipinski definition) is 4. The summed E-state index contributed by atoms with van der Waals surface area (Å²) in [6, 6.07) is 24.0. The fraction of sp³-hybridized carbons (Fsp3) is 0.200. The van der Waals surface area contributed by atoms with Gasteiger partial charge in [-0.3, -0.25) is 9.59 Å². The monoisotopic (exact) mass is 404 g/mol. The first-order chi connectivity index (χ1) is 14.6. The minimum absolute atomic E-state index is 0.0906. The molecular weight excluding hydrogens is 380 g/mol. The number of carbonyl (C=O) groups is 2. The number of aliphatic carboxylic acids is 1. The number of carbonyl (C=O) groups excluding carboxylic acids is 1. The first-order valence-corrected chi connectivity index (χ1v) is 9.73. The summed E-state index contributed by atoms with van der Waals surface area (Å²) in [5.74, 6) is -0.347. The summed E-state index contributed by atoms with van der Waals surface area (Å²) in [5, 5.41) is 9.11. The average molecular weight is 404 g/mol. The fourth-order valence-corrected chi connectivity index (χ4v) is 3.23. The lowest BCUT2D eigenvalue weighted by Gasteiger charge is -2.17. The zero-order valence-electron chi connectivity index (χ0n) is 16.8. The predicted octanol–water partition coefficient (Wildman–Crippen LogP) is 5.11. The molecule has 0 aliphatic rings. The Morgan fingerprint density at radius 2 is 1.63 bits per heavy atom. The Bertz CT molecular complexity index is 980. The molecule has 3 aromatic carbocycles. The molecule has 0 saturated heterocycles. The van der Waals surface area contributed by atoms with Crippen molar-refractivity contribution in [2.75, 3.05) is 7.11 Å². The van der Waals surface area contributed by atoms with Gasteiger partial charge in [0.1, 0.15) is 18.1 Å². The van der Waals surface area contributed by atoms with Crippen LogP contribution in [0.25, 0.3) is 0 Å². The lowest BCUT2D eigenvalue weighted by Crippen LogP contribution is -2.15. The van der Waals surface area contributed by atoms with Crippen molar-refractivity contribution in [2.45, 2.75) is 25.4 Å². The van der Waals surface area contributed by atoms with E-state index < -0.39 is 11.9 Å². The first-order valence-electron chi connectivity index (χ1n) is 9.73. The molecule has 1 unspecified atom stereocenters. The van der Waals surface area contributed by atoms with Gasteiger partial charge in [0, 0.05) is 17.9 Å². The minimum Gasteiger partial charge on any atom is -0.497 e. The van der Waals surface area contributed by atoms with Gasteiger partial charge in [0.2, 0.25) is 0 Å². The van der Waals surface area contributed by atoms with Crippen LogP contribution in [0.15, 0.2) is 78.9 Å². The second kappa shape index (κ2) is 10.3. The molecule has 0 fully saturated rings. The van der Waals surface area contributed by atoms with Crippen LogP contribution < -0.4 is 9.47 Å². The molecule has 0 heterocycles. The van der Waals surface area contributed by atoms with Gasteiger partial charge in [-0.1, -0.05) is 54.6 Å². The van der Waals surface area contributed by atoms with Gasteiger partial charge in [0.25, 0.3) is 0 Å². The van der Waals surface area contributed by atoms with E-state index in [4.69, 9.17) is 14.6 Å². The molecule has 0 aliphatic carbocycles. The highest BCUT2D eigenvalue weighted by atomic mass is 16.5. The molecule has 0 bridgehead atoms. The van der Waals surface area contributed by atoms with Crippen LogP contribution in [0, 0.1) is 0 Å². The van der Waals surface area contributed by atoms with E-state index in [2.05, 4.69) is 0 Å². The number of hydrogen-bond donors (Lipinski definition) is 1. The van der Waals surface area contributed by atoms with Crippen molar-refractivity contribution in [3.05, 3.63) is 95.6 Å². The average Bonchev–Trinajstić information content (AvgIpc) is 2.79. The highest BCUT2D eigenvalue weighted by molar-refractivity contribution is 6.01. The van der Waals surface area contributed by atoms with Gasteiger partial charge < -0.3 is 14.6 Å². The van der Waals surface area contributed by atoms with Gasteiger partial charge in [-0.05, 0) is 41.8 Å². The summed E-state index contributed by atoms with van der Waals surface area (Å²) in [6.45, 7) is 0.402. The van der Waals surface area contributed by atoms with E-state index in [-0.39, 0.29) is 18.6 Å². The number of Topliss-reactive ketones (excluding diaryl/α,β-unsaturated/α-hetero) is 1. The zero-order valence-corrected chi connectivity index (χ0v) is 16.8. The number of rotatable bonds is 10. The molecule has 0 spiro atoms. The van der Waals surface area contributed by atoms with Crippen molar-refractivity contribution in [3.8, 4) is 11.5 Å². The molecule has 154 valence electrons. The van der Waals surface area contributed by atoms with E-state index in [1.807, 2.05) is 30.3 Å². The van der Waals surface area contributed by atoms with Crippen LogP contribution in [-0.2, 0) is 11.4 Å². The van der Waals surface area contributed by atoms with Crippen molar-refractivity contribution in [3.63, 3.8) is 0 Å². The smallest absolute Gasteiger partial charge is 0.303 e. The van der Waals surface area contributed by atoms with E-state index in [0.29, 0.717) is 23.7 Å². The maximum atomic E-state index is 13.3. The summed E-state index contributed by atoms with van der Waals surface area (Å²) in [6.07, 6.45) is 0.127. The van der Waals surface area contributed by atoms with Gasteiger partial charge in [0.05, 0.1) is 7.11 Å². The van der Waals surface area contributed by atoms with Crippen LogP contribution in [0.4, 0.5) is 0 Å². The number of carboxylic acid groups (broad SMARTS) is 1. The Hall–Kier alpha value is -3.60. The van der Waals surface area contributed by atoms with Gasteiger partial charge in [-0.25, -0.2) is 0 Å². The van der Waals surface area contributed by atoms with Crippen molar-refractivity contribution >= 4 is 11.8 Å². The predicted molar refractivity (Wildman–Crippen MR) is 114 cm³/mol. The maximum absolute atomic E-state index is 13.3. The SMILES string of the molecule is COc1ccc(C(CCC(=O)O)C(=O)c2cccc(OCc3ccccc3)c2)cc1. The molecule has 5 nitrogen and oxygen atoms in total. The number of benzene rings is 3. The minimum atomic E-state index is -0.929. The van der Waals surface area contributed by atoms with Crippen LogP contribution >= 0.6 is 0 Å². The van der Waals surface area contributed by atoms with Gasteiger partial charge in [0.15, 0.2) is 5.78 Å². The quantitative estimate of drug-likeness (QED) is 0.476. The molecule has 30 heavy (non-hydrogen) atoms. The van der Waals surface area contributed by atoms with Crippen molar-refractivity contribution < 1.29 is 24.2 Å². The van der Waals surface area contributed by atoms with E-state index in [0.717, 1.165) is 11.1 Å². The van der Waals surface area contributed by atoms with E-state index >= 15 is 0 Å². The standard InChI is InChI=1S/C25H24O5/c1-29-21-12-10-19(11-13-21)23(14-15-24(26)27)25(28)20-8-5-9-22(16-20)30-17-18-6-3-2-4-7-18/h2-13,16,23H,14-15,17H2,1H3,(H,26,27). The summed E-state index contributed by atoms with van der Waals surface area (Å²) < 4.78 is 11.0. The molecule has 0 saturated carbocycles. The third kappa shape index (κ3) is 5.70. The molecule has 0 amide bonds. The van der Waals surface area contributed by atoms with Gasteiger partial charge in [-0.2, -0.15) is 0 Å². The van der Waals surface area contributed by atoms with Gasteiger partial charge >= 0.3 is 5.97 Å². The molecule has 3 aromatic rings. The van der Waals surface area contributed by atoms with Crippen molar-refractivity contribution in [1.29, 1.82) is 0 Å². The highest BCUT2D eigenvalue weighted by Gasteiger charge is 2.23. The normalized spacial score (nSPS) is 11.5. The summed E-state index contributed by atoms with van der Waals surface area (Å²) in [5.41, 5.74) is 2.29. The Kier molecular flexibility index (Phi) is 7.22. The second-order valence-electron chi connectivity index (χ2n) is 6.92. The Morgan fingerprint density at radius 1 is 0.900 bits per heavy atom. The Balaban J connectivity index is 1.79. The Labute approximate surface area is 175 Å². The van der Waals surface area contributed by atoms with Crippen molar-refractivity contribution in [1.82, 2.24) is 0 Å². The fourth-order valence-electron chi connectivity index (χ4n) is 3.23. The zero-order chi connectivity index (χ0) is 21.3. The van der Waals surface area contributed by atoms with E-state index in [9.17, 15) is 9.59 Å². The number of ketones is 1. The van der Waals surface area contributed by atoms with Crippen LogP contribution in [0.3, 0.4) is 0 Å². The van der Waals surface area contributed by atoms with Crippen LogP contribution in [-0.4, -0.2) is 24.0 Å².